The van der Waals surface area contributed by atoms with E-state index < -0.39 is 0 Å². The molecule has 0 saturated heterocycles. The minimum atomic E-state index is 0.915. The van der Waals surface area contributed by atoms with E-state index in [1.54, 1.807) is 0 Å². The van der Waals surface area contributed by atoms with Gasteiger partial charge in [-0.05, 0) is 75.0 Å². The van der Waals surface area contributed by atoms with E-state index in [0.717, 1.165) is 27.6 Å². The highest BCUT2D eigenvalue weighted by Gasteiger charge is 2.17. The average Bonchev–Trinajstić information content (AvgIpc) is 3.70. The topological polar surface area (TPSA) is 18.1 Å². The second kappa shape index (κ2) is 10.6. The Hall–Kier alpha value is -6.38. The molecule has 0 amide bonds. The third-order valence-corrected chi connectivity index (χ3v) is 9.83. The Bertz CT molecular complexity index is 2830. The fourth-order valence-corrected chi connectivity index (χ4v) is 7.63. The third-order valence-electron chi connectivity index (χ3n) is 9.83. The van der Waals surface area contributed by atoms with Crippen molar-refractivity contribution in [1.29, 1.82) is 0 Å². The fraction of sp³-hybridized carbons (Fsp3) is 0. The van der Waals surface area contributed by atoms with Crippen molar-refractivity contribution in [2.45, 2.75) is 0 Å². The lowest BCUT2D eigenvalue weighted by Gasteiger charge is -2.15. The monoisotopic (exact) mass is 611 g/mol. The number of furan rings is 1. The third kappa shape index (κ3) is 4.06. The van der Waals surface area contributed by atoms with Gasteiger partial charge in [0, 0.05) is 27.1 Å². The average molecular weight is 612 g/mol. The van der Waals surface area contributed by atoms with E-state index in [9.17, 15) is 0 Å². The predicted octanol–water partition coefficient (Wildman–Crippen LogP) is 12.8. The molecule has 224 valence electrons. The number of benzene rings is 8. The molecule has 0 bridgehead atoms. The lowest BCUT2D eigenvalue weighted by atomic mass is 9.96. The molecule has 2 heterocycles. The Morgan fingerprint density at radius 3 is 1.83 bits per heavy atom. The van der Waals surface area contributed by atoms with Gasteiger partial charge in [-0.2, -0.15) is 0 Å². The molecule has 0 aliphatic carbocycles. The van der Waals surface area contributed by atoms with Crippen LogP contribution >= 0.6 is 0 Å². The van der Waals surface area contributed by atoms with E-state index in [2.05, 4.69) is 168 Å². The van der Waals surface area contributed by atoms with Crippen molar-refractivity contribution < 1.29 is 4.42 Å². The second-order valence-electron chi connectivity index (χ2n) is 12.5. The van der Waals surface area contributed by atoms with Crippen LogP contribution in [0.4, 0.5) is 0 Å². The molecule has 0 atom stereocenters. The first-order valence-corrected chi connectivity index (χ1v) is 16.4. The van der Waals surface area contributed by atoms with Gasteiger partial charge in [0.2, 0.25) is 0 Å². The summed E-state index contributed by atoms with van der Waals surface area (Å²) in [6, 6.07) is 63.3. The van der Waals surface area contributed by atoms with Crippen LogP contribution in [-0.2, 0) is 0 Å². The van der Waals surface area contributed by atoms with Crippen molar-refractivity contribution >= 4 is 54.5 Å². The molecule has 2 nitrogen and oxygen atoms in total. The minimum Gasteiger partial charge on any atom is -0.456 e. The van der Waals surface area contributed by atoms with Gasteiger partial charge in [0.15, 0.2) is 0 Å². The molecular formula is C46H29NO. The lowest BCUT2D eigenvalue weighted by molar-refractivity contribution is 0.669. The van der Waals surface area contributed by atoms with Gasteiger partial charge in [-0.3, -0.25) is 0 Å². The van der Waals surface area contributed by atoms with E-state index in [0.29, 0.717) is 0 Å². The smallest absolute Gasteiger partial charge is 0.136 e. The predicted molar refractivity (Wildman–Crippen MR) is 202 cm³/mol. The van der Waals surface area contributed by atoms with Crippen molar-refractivity contribution in [1.82, 2.24) is 4.57 Å². The van der Waals surface area contributed by atoms with Crippen LogP contribution in [0.5, 0.6) is 0 Å². The van der Waals surface area contributed by atoms with Gasteiger partial charge in [-0.25, -0.2) is 0 Å². The van der Waals surface area contributed by atoms with Crippen molar-refractivity contribution in [3.63, 3.8) is 0 Å². The fourth-order valence-electron chi connectivity index (χ4n) is 7.63. The van der Waals surface area contributed by atoms with Crippen LogP contribution in [0, 0.1) is 0 Å². The van der Waals surface area contributed by atoms with E-state index in [4.69, 9.17) is 4.42 Å². The molecular weight excluding hydrogens is 583 g/mol. The molecule has 0 spiro atoms. The minimum absolute atomic E-state index is 0.915. The van der Waals surface area contributed by atoms with Gasteiger partial charge in [-0.15, -0.1) is 0 Å². The van der Waals surface area contributed by atoms with Crippen LogP contribution in [0.2, 0.25) is 0 Å². The number of hydrogen-bond donors (Lipinski definition) is 0. The summed E-state index contributed by atoms with van der Waals surface area (Å²) >= 11 is 0. The van der Waals surface area contributed by atoms with Crippen molar-refractivity contribution in [2.24, 2.45) is 0 Å². The molecule has 0 fully saturated rings. The first kappa shape index (κ1) is 26.8. The maximum absolute atomic E-state index is 6.18. The van der Waals surface area contributed by atoms with E-state index in [-0.39, 0.29) is 0 Å². The van der Waals surface area contributed by atoms with Crippen LogP contribution in [0.1, 0.15) is 0 Å². The number of nitrogens with zero attached hydrogens (tertiary/aromatic N) is 1. The highest BCUT2D eigenvalue weighted by Crippen LogP contribution is 2.40. The van der Waals surface area contributed by atoms with E-state index in [1.165, 1.54) is 66.0 Å². The van der Waals surface area contributed by atoms with Crippen LogP contribution in [0.15, 0.2) is 180 Å². The Morgan fingerprint density at radius 1 is 0.354 bits per heavy atom. The molecule has 0 aliphatic rings. The Morgan fingerprint density at radius 2 is 0.938 bits per heavy atom. The highest BCUT2D eigenvalue weighted by molar-refractivity contribution is 6.13. The summed E-state index contributed by atoms with van der Waals surface area (Å²) in [4.78, 5) is 0. The van der Waals surface area contributed by atoms with Gasteiger partial charge in [-0.1, -0.05) is 140 Å². The number of rotatable bonds is 4. The van der Waals surface area contributed by atoms with Crippen molar-refractivity contribution in [2.75, 3.05) is 0 Å². The van der Waals surface area contributed by atoms with Crippen LogP contribution < -0.4 is 0 Å². The normalized spacial score (nSPS) is 11.8. The van der Waals surface area contributed by atoms with Crippen molar-refractivity contribution in [3.8, 4) is 39.1 Å². The summed E-state index contributed by atoms with van der Waals surface area (Å²) in [5, 5.41) is 7.34. The second-order valence-corrected chi connectivity index (χ2v) is 12.5. The first-order chi connectivity index (χ1) is 23.8. The van der Waals surface area contributed by atoms with Gasteiger partial charge in [0.1, 0.15) is 11.2 Å². The summed E-state index contributed by atoms with van der Waals surface area (Å²) in [6.07, 6.45) is 0. The molecule has 10 rings (SSSR count). The molecule has 0 saturated carbocycles. The van der Waals surface area contributed by atoms with E-state index >= 15 is 0 Å². The zero-order valence-electron chi connectivity index (χ0n) is 26.1. The lowest BCUT2D eigenvalue weighted by Crippen LogP contribution is -1.97. The molecule has 48 heavy (non-hydrogen) atoms. The van der Waals surface area contributed by atoms with Crippen LogP contribution in [0.3, 0.4) is 0 Å². The number of aromatic nitrogens is 1. The van der Waals surface area contributed by atoms with Crippen LogP contribution in [0.25, 0.3) is 93.6 Å². The Labute approximate surface area is 277 Å². The molecule has 0 aliphatic heterocycles. The summed E-state index contributed by atoms with van der Waals surface area (Å²) < 4.78 is 8.61. The number of para-hydroxylation sites is 3. The summed E-state index contributed by atoms with van der Waals surface area (Å²) in [7, 11) is 0. The van der Waals surface area contributed by atoms with Gasteiger partial charge in [0.05, 0.1) is 16.7 Å². The number of hydrogen-bond acceptors (Lipinski definition) is 1. The molecule has 0 unspecified atom stereocenters. The molecule has 2 aromatic heterocycles. The Kier molecular flexibility index (Phi) is 5.91. The molecule has 8 aromatic carbocycles. The standard InChI is InChI=1S/C46H29NO/c1-2-13-34-30(11-1)12-9-17-35(34)33-27-28-43-40(29-33)38-15-4-7-20-42(38)47(43)41-19-6-3-14-36(41)31-23-25-32(26-24-31)37-18-10-22-45-46(37)39-16-5-8-21-44(39)48-45/h1-29H. The number of fused-ring (bicyclic) bond motifs is 7. The summed E-state index contributed by atoms with van der Waals surface area (Å²) in [5.41, 5.74) is 12.6. The maximum atomic E-state index is 6.18. The molecule has 0 N–H and O–H groups in total. The van der Waals surface area contributed by atoms with Crippen LogP contribution in [-0.4, -0.2) is 4.57 Å². The molecule has 2 heteroatoms. The zero-order chi connectivity index (χ0) is 31.6. The molecule has 10 aromatic rings. The maximum Gasteiger partial charge on any atom is 0.136 e. The van der Waals surface area contributed by atoms with Crippen molar-refractivity contribution in [3.05, 3.63) is 176 Å². The molecule has 0 radical (unpaired) electrons. The summed E-state index contributed by atoms with van der Waals surface area (Å²) in [5.74, 6) is 0. The van der Waals surface area contributed by atoms with Gasteiger partial charge >= 0.3 is 0 Å². The SMILES string of the molecule is c1ccc(-n2c3ccccc3c3cc(-c4cccc5ccccc45)ccc32)c(-c2ccc(-c3cccc4oc5ccccc5c34)cc2)c1. The largest absolute Gasteiger partial charge is 0.456 e. The van der Waals surface area contributed by atoms with E-state index in [1.807, 2.05) is 12.1 Å². The highest BCUT2D eigenvalue weighted by atomic mass is 16.3. The quantitative estimate of drug-likeness (QED) is 0.194. The van der Waals surface area contributed by atoms with Gasteiger partial charge in [0.25, 0.3) is 0 Å². The first-order valence-electron chi connectivity index (χ1n) is 16.4. The summed E-state index contributed by atoms with van der Waals surface area (Å²) in [6.45, 7) is 0. The van der Waals surface area contributed by atoms with Gasteiger partial charge < -0.3 is 8.98 Å². The zero-order valence-corrected chi connectivity index (χ0v) is 26.1. The Balaban J connectivity index is 1.12.